The molecule has 0 fully saturated rings. The van der Waals surface area contributed by atoms with Crippen LogP contribution in [0, 0.1) is 5.82 Å². The second-order valence-corrected chi connectivity index (χ2v) is 6.85. The monoisotopic (exact) mass is 415 g/mol. The van der Waals surface area contributed by atoms with Gasteiger partial charge in [-0.25, -0.2) is 4.39 Å². The Morgan fingerprint density at radius 2 is 1.87 bits per heavy atom. The predicted molar refractivity (Wildman–Crippen MR) is 109 cm³/mol. The highest BCUT2D eigenvalue weighted by Crippen LogP contribution is 2.31. The molecule has 7 heteroatoms. The van der Waals surface area contributed by atoms with Gasteiger partial charge in [-0.05, 0) is 29.3 Å². The van der Waals surface area contributed by atoms with Crippen LogP contribution in [-0.2, 0) is 25.5 Å². The Hall–Kier alpha value is -2.74. The molecular weight excluding hydrogens is 389 g/mol. The number of halogens is 1. The number of aliphatic hydroxyl groups is 1. The molecule has 2 aromatic carbocycles. The fraction of sp³-hybridized carbons (Fsp3) is 0.348. The van der Waals surface area contributed by atoms with Gasteiger partial charge in [0.1, 0.15) is 5.82 Å². The van der Waals surface area contributed by atoms with Gasteiger partial charge in [0, 0.05) is 18.9 Å². The summed E-state index contributed by atoms with van der Waals surface area (Å²) in [5.41, 5.74) is 1.85. The number of rotatable bonds is 10. The summed E-state index contributed by atoms with van der Waals surface area (Å²) in [7, 11) is 0. The van der Waals surface area contributed by atoms with Crippen LogP contribution < -0.4 is 5.32 Å². The molecule has 0 saturated carbocycles. The van der Waals surface area contributed by atoms with Gasteiger partial charge in [-0.2, -0.15) is 0 Å². The van der Waals surface area contributed by atoms with E-state index in [2.05, 4.69) is 5.32 Å². The Morgan fingerprint density at radius 3 is 2.60 bits per heavy atom. The summed E-state index contributed by atoms with van der Waals surface area (Å²) in [5.74, 6) is -0.518. The third-order valence-corrected chi connectivity index (χ3v) is 4.64. The Morgan fingerprint density at radius 1 is 1.10 bits per heavy atom. The summed E-state index contributed by atoms with van der Waals surface area (Å²) in [5, 5.41) is 11.6. The topological polar surface area (TPSA) is 77.0 Å². The highest BCUT2D eigenvalue weighted by atomic mass is 19.1. The highest BCUT2D eigenvalue weighted by molar-refractivity contribution is 5.91. The molecule has 0 aromatic heterocycles. The number of nitrogens with one attached hydrogen (secondary N) is 1. The van der Waals surface area contributed by atoms with E-state index < -0.39 is 6.29 Å². The maximum absolute atomic E-state index is 13.0. The fourth-order valence-corrected chi connectivity index (χ4v) is 3.13. The zero-order chi connectivity index (χ0) is 21.2. The van der Waals surface area contributed by atoms with Crippen molar-refractivity contribution in [2.75, 3.05) is 26.4 Å². The summed E-state index contributed by atoms with van der Waals surface area (Å²) in [6.07, 6.45) is 1.78. The number of carbonyl (C=O) groups is 1. The van der Waals surface area contributed by atoms with E-state index in [0.717, 1.165) is 11.1 Å². The maximum Gasteiger partial charge on any atom is 0.286 e. The first-order valence-corrected chi connectivity index (χ1v) is 9.92. The Bertz CT molecular complexity index is 825. The number of ether oxygens (including phenoxy) is 3. The van der Waals surface area contributed by atoms with Crippen molar-refractivity contribution < 1.29 is 28.5 Å². The molecule has 1 heterocycles. The first-order valence-electron chi connectivity index (χ1n) is 9.92. The van der Waals surface area contributed by atoms with Gasteiger partial charge >= 0.3 is 0 Å². The predicted octanol–water partition coefficient (Wildman–Crippen LogP) is 2.88. The van der Waals surface area contributed by atoms with Gasteiger partial charge in [0.2, 0.25) is 6.29 Å². The lowest BCUT2D eigenvalue weighted by atomic mass is 9.93. The van der Waals surface area contributed by atoms with Gasteiger partial charge in [0.25, 0.3) is 5.91 Å². The second kappa shape index (κ2) is 11.4. The van der Waals surface area contributed by atoms with E-state index in [0.29, 0.717) is 13.0 Å². The van der Waals surface area contributed by atoms with Crippen molar-refractivity contribution in [3.05, 3.63) is 83.4 Å². The molecule has 0 spiro atoms. The maximum atomic E-state index is 13.0. The summed E-state index contributed by atoms with van der Waals surface area (Å²) >= 11 is 0. The van der Waals surface area contributed by atoms with E-state index in [4.69, 9.17) is 19.3 Å². The second-order valence-electron chi connectivity index (χ2n) is 6.85. The molecule has 2 aromatic rings. The smallest absolute Gasteiger partial charge is 0.286 e. The van der Waals surface area contributed by atoms with Crippen LogP contribution in [0.1, 0.15) is 23.5 Å². The SMILES string of the molecule is O=C(NCc1ccc(F)cc1)C1=C[C@H](c2ccccc2)C[C@H](OCCOCCO)O1. The molecular formula is C23H26FNO5. The number of amides is 1. The molecule has 6 nitrogen and oxygen atoms in total. The Balaban J connectivity index is 1.63. The number of hydrogen-bond acceptors (Lipinski definition) is 5. The zero-order valence-corrected chi connectivity index (χ0v) is 16.6. The first kappa shape index (κ1) is 22.0. The van der Waals surface area contributed by atoms with Crippen molar-refractivity contribution in [1.82, 2.24) is 5.32 Å². The number of hydrogen-bond donors (Lipinski definition) is 2. The molecule has 0 unspecified atom stereocenters. The zero-order valence-electron chi connectivity index (χ0n) is 16.6. The molecule has 0 radical (unpaired) electrons. The average molecular weight is 415 g/mol. The van der Waals surface area contributed by atoms with Gasteiger partial charge in [-0.3, -0.25) is 4.79 Å². The first-order chi connectivity index (χ1) is 14.7. The van der Waals surface area contributed by atoms with Crippen molar-refractivity contribution in [3.8, 4) is 0 Å². The Labute approximate surface area is 175 Å². The van der Waals surface area contributed by atoms with Crippen LogP contribution in [0.5, 0.6) is 0 Å². The lowest BCUT2D eigenvalue weighted by Gasteiger charge is -2.29. The quantitative estimate of drug-likeness (QED) is 0.584. The minimum atomic E-state index is -0.593. The summed E-state index contributed by atoms with van der Waals surface area (Å²) in [6, 6.07) is 15.8. The van der Waals surface area contributed by atoms with Crippen LogP contribution in [-0.4, -0.2) is 43.7 Å². The molecule has 1 aliphatic heterocycles. The summed E-state index contributed by atoms with van der Waals surface area (Å²) in [6.45, 7) is 1.08. The van der Waals surface area contributed by atoms with E-state index in [9.17, 15) is 9.18 Å². The molecule has 3 rings (SSSR count). The molecule has 2 atom stereocenters. The van der Waals surface area contributed by atoms with Crippen LogP contribution >= 0.6 is 0 Å². The van der Waals surface area contributed by atoms with Crippen molar-refractivity contribution in [1.29, 1.82) is 0 Å². The van der Waals surface area contributed by atoms with Gasteiger partial charge in [-0.1, -0.05) is 42.5 Å². The van der Waals surface area contributed by atoms with Crippen LogP contribution in [0.3, 0.4) is 0 Å². The molecule has 0 aliphatic carbocycles. The average Bonchev–Trinajstić information content (AvgIpc) is 2.79. The summed E-state index contributed by atoms with van der Waals surface area (Å²) in [4.78, 5) is 12.7. The van der Waals surface area contributed by atoms with E-state index in [1.165, 1.54) is 12.1 Å². The number of aliphatic hydroxyl groups excluding tert-OH is 1. The summed E-state index contributed by atoms with van der Waals surface area (Å²) < 4.78 is 29.8. The lowest BCUT2D eigenvalue weighted by molar-refractivity contribution is -0.151. The van der Waals surface area contributed by atoms with Crippen LogP contribution in [0.4, 0.5) is 4.39 Å². The van der Waals surface area contributed by atoms with E-state index in [1.807, 2.05) is 30.3 Å². The lowest BCUT2D eigenvalue weighted by Crippen LogP contribution is -2.33. The van der Waals surface area contributed by atoms with Gasteiger partial charge < -0.3 is 24.6 Å². The van der Waals surface area contributed by atoms with Crippen molar-refractivity contribution in [2.24, 2.45) is 0 Å². The van der Waals surface area contributed by atoms with E-state index in [1.54, 1.807) is 18.2 Å². The Kier molecular flexibility index (Phi) is 8.38. The van der Waals surface area contributed by atoms with Crippen molar-refractivity contribution >= 4 is 5.91 Å². The largest absolute Gasteiger partial charge is 0.459 e. The molecule has 1 amide bonds. The standard InChI is InChI=1S/C23H26FNO5/c24-20-8-6-17(7-9-20)16-25-23(27)21-14-19(18-4-2-1-3-5-18)15-22(30-21)29-13-12-28-11-10-26/h1-9,14,19,22,26H,10-13,15-16H2,(H,25,27)/t19-,22+/m0/s1. The molecule has 160 valence electrons. The molecule has 30 heavy (non-hydrogen) atoms. The highest BCUT2D eigenvalue weighted by Gasteiger charge is 2.28. The minimum Gasteiger partial charge on any atom is -0.459 e. The van der Waals surface area contributed by atoms with Crippen molar-refractivity contribution in [2.45, 2.75) is 25.2 Å². The van der Waals surface area contributed by atoms with Gasteiger partial charge in [0.15, 0.2) is 5.76 Å². The molecule has 1 aliphatic rings. The third kappa shape index (κ3) is 6.66. The molecule has 0 saturated heterocycles. The molecule has 2 N–H and O–H groups in total. The van der Waals surface area contributed by atoms with Gasteiger partial charge in [-0.15, -0.1) is 0 Å². The van der Waals surface area contributed by atoms with E-state index in [-0.39, 0.29) is 49.8 Å². The van der Waals surface area contributed by atoms with E-state index >= 15 is 0 Å². The van der Waals surface area contributed by atoms with Gasteiger partial charge in [0.05, 0.1) is 26.4 Å². The number of carbonyl (C=O) groups excluding carboxylic acids is 1. The normalized spacial score (nSPS) is 18.4. The minimum absolute atomic E-state index is 0.0325. The fourth-order valence-electron chi connectivity index (χ4n) is 3.13. The number of benzene rings is 2. The molecule has 0 bridgehead atoms. The van der Waals surface area contributed by atoms with Crippen LogP contribution in [0.15, 0.2) is 66.4 Å². The third-order valence-electron chi connectivity index (χ3n) is 4.64. The van der Waals surface area contributed by atoms with Crippen molar-refractivity contribution in [3.63, 3.8) is 0 Å². The van der Waals surface area contributed by atoms with Crippen LogP contribution in [0.25, 0.3) is 0 Å². The number of allylic oxidation sites excluding steroid dienone is 1. The van der Waals surface area contributed by atoms with Crippen LogP contribution in [0.2, 0.25) is 0 Å².